The van der Waals surface area contributed by atoms with Crippen molar-refractivity contribution in [3.63, 3.8) is 0 Å². The van der Waals surface area contributed by atoms with E-state index in [0.29, 0.717) is 16.1 Å². The summed E-state index contributed by atoms with van der Waals surface area (Å²) in [5.41, 5.74) is 0.426. The zero-order valence-electron chi connectivity index (χ0n) is 18.5. The summed E-state index contributed by atoms with van der Waals surface area (Å²) in [6.45, 7) is -0.0260. The van der Waals surface area contributed by atoms with Crippen LogP contribution in [0.25, 0.3) is 0 Å². The smallest absolute Gasteiger partial charge is 0.417 e. The fraction of sp³-hybridized carbons (Fsp3) is 0.240. The Balaban J connectivity index is 1.79. The molecule has 1 saturated heterocycles. The highest BCUT2D eigenvalue weighted by Gasteiger charge is 2.44. The molecule has 2 aromatic carbocycles. The van der Waals surface area contributed by atoms with E-state index in [1.165, 1.54) is 13.2 Å². The van der Waals surface area contributed by atoms with Gasteiger partial charge in [0.25, 0.3) is 5.91 Å². The van der Waals surface area contributed by atoms with Crippen LogP contribution in [-0.4, -0.2) is 41.6 Å². The lowest BCUT2D eigenvalue weighted by Crippen LogP contribution is -2.50. The van der Waals surface area contributed by atoms with Gasteiger partial charge in [0.05, 0.1) is 11.6 Å². The van der Waals surface area contributed by atoms with E-state index in [-0.39, 0.29) is 12.2 Å². The van der Waals surface area contributed by atoms with Crippen molar-refractivity contribution in [3.05, 3.63) is 100 Å². The molecule has 2 heterocycles. The van der Waals surface area contributed by atoms with Gasteiger partial charge in [-0.05, 0) is 41.9 Å². The van der Waals surface area contributed by atoms with Crippen molar-refractivity contribution in [1.82, 2.24) is 15.2 Å². The third kappa shape index (κ3) is 5.16. The molecule has 10 heteroatoms. The first-order valence-electron chi connectivity index (χ1n) is 10.7. The summed E-state index contributed by atoms with van der Waals surface area (Å²) in [7, 11) is 1.51. The van der Waals surface area contributed by atoms with Crippen LogP contribution in [0.2, 0.25) is 5.02 Å². The van der Waals surface area contributed by atoms with Gasteiger partial charge in [-0.3, -0.25) is 9.78 Å². The van der Waals surface area contributed by atoms with Gasteiger partial charge in [-0.2, -0.15) is 13.2 Å². The number of ether oxygens (including phenoxy) is 1. The normalized spacial score (nSPS) is 17.7. The highest BCUT2D eigenvalue weighted by Crippen LogP contribution is 2.36. The van der Waals surface area contributed by atoms with Crippen LogP contribution in [0.3, 0.4) is 0 Å². The first-order valence-corrected chi connectivity index (χ1v) is 11.1. The molecule has 3 aromatic rings. The predicted molar refractivity (Wildman–Crippen MR) is 123 cm³/mol. The number of carbonyl (C=O) groups excluding carboxylic acids is 2. The van der Waals surface area contributed by atoms with Gasteiger partial charge < -0.3 is 10.1 Å². The summed E-state index contributed by atoms with van der Waals surface area (Å²) in [6.07, 6.45) is -3.43. The molecule has 0 saturated carbocycles. The Labute approximate surface area is 204 Å². The molecule has 2 amide bonds. The van der Waals surface area contributed by atoms with Crippen molar-refractivity contribution in [3.8, 4) is 0 Å². The number of cyclic esters (lactones) is 1. The van der Waals surface area contributed by atoms with E-state index in [9.17, 15) is 22.8 Å². The average molecular weight is 504 g/mol. The number of hydrogen-bond donors (Lipinski definition) is 1. The number of amides is 2. The Morgan fingerprint density at radius 2 is 1.80 bits per heavy atom. The molecule has 0 aliphatic carbocycles. The summed E-state index contributed by atoms with van der Waals surface area (Å²) in [4.78, 5) is 31.2. The van der Waals surface area contributed by atoms with Crippen molar-refractivity contribution in [2.45, 2.75) is 24.2 Å². The molecule has 1 aromatic heterocycles. The van der Waals surface area contributed by atoms with Gasteiger partial charge in [-0.1, -0.05) is 54.1 Å². The lowest BCUT2D eigenvalue weighted by atomic mass is 9.84. The van der Waals surface area contributed by atoms with Crippen LogP contribution in [-0.2, 0) is 15.7 Å². The molecule has 1 fully saturated rings. The zero-order valence-corrected chi connectivity index (χ0v) is 19.3. The Hall–Kier alpha value is -3.43. The van der Waals surface area contributed by atoms with Gasteiger partial charge in [-0.25, -0.2) is 9.69 Å². The van der Waals surface area contributed by atoms with E-state index in [1.54, 1.807) is 54.6 Å². The molecule has 1 aliphatic rings. The molecule has 35 heavy (non-hydrogen) atoms. The van der Waals surface area contributed by atoms with Crippen molar-refractivity contribution < 1.29 is 27.5 Å². The minimum atomic E-state index is -4.62. The van der Waals surface area contributed by atoms with Gasteiger partial charge in [-0.15, -0.1) is 0 Å². The first-order chi connectivity index (χ1) is 16.7. The van der Waals surface area contributed by atoms with E-state index in [4.69, 9.17) is 16.3 Å². The highest BCUT2D eigenvalue weighted by molar-refractivity contribution is 6.30. The van der Waals surface area contributed by atoms with Crippen LogP contribution in [0.1, 0.15) is 34.2 Å². The Kier molecular flexibility index (Phi) is 7.09. The van der Waals surface area contributed by atoms with Gasteiger partial charge in [0.1, 0.15) is 12.6 Å². The quantitative estimate of drug-likeness (QED) is 0.501. The van der Waals surface area contributed by atoms with Gasteiger partial charge in [0, 0.05) is 23.3 Å². The van der Waals surface area contributed by atoms with Crippen LogP contribution >= 0.6 is 11.6 Å². The van der Waals surface area contributed by atoms with Crippen molar-refractivity contribution in [1.29, 1.82) is 0 Å². The lowest BCUT2D eigenvalue weighted by molar-refractivity contribution is -0.137. The summed E-state index contributed by atoms with van der Waals surface area (Å²) in [5.74, 6) is -1.55. The number of hydrogen-bond acceptors (Lipinski definition) is 5. The van der Waals surface area contributed by atoms with Crippen LogP contribution in [0, 0.1) is 0 Å². The van der Waals surface area contributed by atoms with E-state index in [2.05, 4.69) is 10.3 Å². The Morgan fingerprint density at radius 1 is 1.11 bits per heavy atom. The second kappa shape index (κ2) is 10.1. The molecule has 1 aliphatic heterocycles. The second-order valence-electron chi connectivity index (χ2n) is 8.01. The Morgan fingerprint density at radius 3 is 2.43 bits per heavy atom. The molecule has 0 unspecified atom stereocenters. The fourth-order valence-corrected chi connectivity index (χ4v) is 4.32. The van der Waals surface area contributed by atoms with Crippen molar-refractivity contribution >= 4 is 23.6 Å². The summed E-state index contributed by atoms with van der Waals surface area (Å²) < 4.78 is 45.5. The number of imide groups is 1. The Bertz CT molecular complexity index is 1210. The number of halogens is 4. The predicted octanol–water partition coefficient (Wildman–Crippen LogP) is 5.19. The van der Waals surface area contributed by atoms with E-state index < -0.39 is 41.7 Å². The second-order valence-corrected chi connectivity index (χ2v) is 8.45. The average Bonchev–Trinajstić information content (AvgIpc) is 3.24. The third-order valence-electron chi connectivity index (χ3n) is 5.88. The minimum absolute atomic E-state index is 0.0260. The van der Waals surface area contributed by atoms with Crippen LogP contribution in [0.4, 0.5) is 18.0 Å². The first kappa shape index (κ1) is 24.7. The molecular formula is C25H21ClF3N3O3. The fourth-order valence-electron chi connectivity index (χ4n) is 4.20. The number of nitrogens with zero attached hydrogens (tertiary/aromatic N) is 2. The molecular weight excluding hydrogens is 483 g/mol. The van der Waals surface area contributed by atoms with Crippen molar-refractivity contribution in [2.75, 3.05) is 13.7 Å². The van der Waals surface area contributed by atoms with Crippen LogP contribution < -0.4 is 5.32 Å². The molecule has 1 N–H and O–H groups in total. The monoisotopic (exact) mass is 503 g/mol. The molecule has 3 atom stereocenters. The standard InChI is InChI=1S/C25H21ClF3N3O3/c1-30-22(23(33)32-20(14-35-24(32)34)15-5-3-2-4-6-15)21(16-7-9-19(26)10-8-16)17-11-18(13-31-12-17)25(27,28)29/h2-13,20-22,30H,14H2,1H3/t20-,21+,22+/m1/s1. The number of alkyl halides is 3. The number of aromatic nitrogens is 1. The van der Waals surface area contributed by atoms with E-state index >= 15 is 0 Å². The maximum Gasteiger partial charge on any atom is 0.417 e. The lowest BCUT2D eigenvalue weighted by Gasteiger charge is -2.31. The maximum absolute atomic E-state index is 13.8. The molecule has 6 nitrogen and oxygen atoms in total. The van der Waals surface area contributed by atoms with Crippen LogP contribution in [0.15, 0.2) is 73.1 Å². The summed E-state index contributed by atoms with van der Waals surface area (Å²) in [6, 6.07) is 14.5. The van der Waals surface area contributed by atoms with Crippen LogP contribution in [0.5, 0.6) is 0 Å². The summed E-state index contributed by atoms with van der Waals surface area (Å²) >= 11 is 6.02. The van der Waals surface area contributed by atoms with Gasteiger partial charge >= 0.3 is 12.3 Å². The molecule has 0 radical (unpaired) electrons. The van der Waals surface area contributed by atoms with Gasteiger partial charge in [0.2, 0.25) is 0 Å². The molecule has 4 rings (SSSR count). The molecule has 0 spiro atoms. The third-order valence-corrected chi connectivity index (χ3v) is 6.13. The van der Waals surface area contributed by atoms with Gasteiger partial charge in [0.15, 0.2) is 0 Å². The topological polar surface area (TPSA) is 71.5 Å². The van der Waals surface area contributed by atoms with E-state index in [1.807, 2.05) is 0 Å². The van der Waals surface area contributed by atoms with Crippen molar-refractivity contribution in [2.24, 2.45) is 0 Å². The largest absolute Gasteiger partial charge is 0.446 e. The number of rotatable bonds is 6. The number of likely N-dealkylation sites (N-methyl/N-ethyl adjacent to an activating group) is 1. The minimum Gasteiger partial charge on any atom is -0.446 e. The highest BCUT2D eigenvalue weighted by atomic mass is 35.5. The number of nitrogens with one attached hydrogen (secondary N) is 1. The summed E-state index contributed by atoms with van der Waals surface area (Å²) in [5, 5.41) is 3.33. The number of benzene rings is 2. The SMILES string of the molecule is CN[C@H](C(=O)N1C(=O)OC[C@@H]1c1ccccc1)[C@@H](c1ccc(Cl)cc1)c1cncc(C(F)(F)F)c1. The zero-order chi connectivity index (χ0) is 25.2. The number of pyridine rings is 1. The molecule has 182 valence electrons. The molecule has 0 bridgehead atoms. The maximum atomic E-state index is 13.8. The number of carbonyl (C=O) groups is 2. The van der Waals surface area contributed by atoms with E-state index in [0.717, 1.165) is 17.2 Å².